The summed E-state index contributed by atoms with van der Waals surface area (Å²) in [4.78, 5) is 38.8. The number of nitrogens with one attached hydrogen (secondary N) is 1. The van der Waals surface area contributed by atoms with Crippen LogP contribution in [0.15, 0.2) is 70.7 Å². The average molecular weight is 560 g/mol. The van der Waals surface area contributed by atoms with Crippen LogP contribution in [0.5, 0.6) is 11.5 Å². The molecule has 35 heavy (non-hydrogen) atoms. The summed E-state index contributed by atoms with van der Waals surface area (Å²) < 4.78 is 25.6. The van der Waals surface area contributed by atoms with Gasteiger partial charge in [0.25, 0.3) is 11.8 Å². The Labute approximate surface area is 213 Å². The number of carbonyl (C=O) groups excluding carboxylic acids is 3. The standard InChI is InChI=1S/C25H17BrClFN2O5/c1-34-21-12-14(11-19(26)22(21)35-13-15-4-2-3-5-20(15)28)10-18-23(31)29-25(33)30(24(18)32)17-8-6-16(27)7-9-17/h2-12H,13H2,1H3,(H,29,31,33). The lowest BCUT2D eigenvalue weighted by molar-refractivity contribution is -0.122. The Bertz CT molecular complexity index is 1360. The van der Waals surface area contributed by atoms with Crippen molar-refractivity contribution in [3.05, 3.63) is 92.7 Å². The molecule has 7 nitrogen and oxygen atoms in total. The molecule has 0 radical (unpaired) electrons. The number of carbonyl (C=O) groups is 3. The maximum Gasteiger partial charge on any atom is 0.335 e. The molecule has 0 atom stereocenters. The number of nitrogens with zero attached hydrogens (tertiary/aromatic N) is 1. The van der Waals surface area contributed by atoms with Crippen molar-refractivity contribution in [1.29, 1.82) is 0 Å². The number of amides is 4. The molecule has 178 valence electrons. The first-order valence-corrected chi connectivity index (χ1v) is 11.4. The number of rotatable bonds is 6. The summed E-state index contributed by atoms with van der Waals surface area (Å²) in [7, 11) is 1.42. The zero-order valence-corrected chi connectivity index (χ0v) is 20.5. The van der Waals surface area contributed by atoms with Crippen LogP contribution >= 0.6 is 27.5 Å². The quantitative estimate of drug-likeness (QED) is 0.319. The summed E-state index contributed by atoms with van der Waals surface area (Å²) in [6.07, 6.45) is 1.33. The van der Waals surface area contributed by atoms with E-state index in [2.05, 4.69) is 21.2 Å². The fourth-order valence-electron chi connectivity index (χ4n) is 3.38. The Morgan fingerprint density at radius 3 is 2.49 bits per heavy atom. The molecule has 1 fully saturated rings. The van der Waals surface area contributed by atoms with E-state index >= 15 is 0 Å². The van der Waals surface area contributed by atoms with Gasteiger partial charge < -0.3 is 9.47 Å². The van der Waals surface area contributed by atoms with Crippen molar-refractivity contribution in [1.82, 2.24) is 5.32 Å². The molecule has 1 heterocycles. The molecule has 0 spiro atoms. The summed E-state index contributed by atoms with van der Waals surface area (Å²) in [5.41, 5.74) is 0.791. The van der Waals surface area contributed by atoms with Crippen LogP contribution in [-0.4, -0.2) is 25.0 Å². The van der Waals surface area contributed by atoms with E-state index in [0.717, 1.165) is 4.90 Å². The van der Waals surface area contributed by atoms with Crippen molar-refractivity contribution < 1.29 is 28.2 Å². The highest BCUT2D eigenvalue weighted by molar-refractivity contribution is 9.10. The minimum atomic E-state index is -0.866. The van der Waals surface area contributed by atoms with Gasteiger partial charge in [-0.1, -0.05) is 29.8 Å². The highest BCUT2D eigenvalue weighted by Crippen LogP contribution is 2.38. The number of hydrogen-bond donors (Lipinski definition) is 1. The van der Waals surface area contributed by atoms with Crippen LogP contribution in [-0.2, 0) is 16.2 Å². The van der Waals surface area contributed by atoms with E-state index in [1.807, 2.05) is 0 Å². The molecule has 4 amide bonds. The molecule has 1 aliphatic rings. The highest BCUT2D eigenvalue weighted by atomic mass is 79.9. The van der Waals surface area contributed by atoms with E-state index < -0.39 is 23.7 Å². The molecule has 3 aromatic carbocycles. The van der Waals surface area contributed by atoms with Crippen molar-refractivity contribution in [2.45, 2.75) is 6.61 Å². The van der Waals surface area contributed by atoms with Gasteiger partial charge in [-0.2, -0.15) is 0 Å². The molecule has 0 aliphatic carbocycles. The van der Waals surface area contributed by atoms with Crippen molar-refractivity contribution in [2.24, 2.45) is 0 Å². The molecule has 10 heteroatoms. The molecule has 1 saturated heterocycles. The van der Waals surface area contributed by atoms with Gasteiger partial charge in [-0.25, -0.2) is 14.1 Å². The van der Waals surface area contributed by atoms with Crippen LogP contribution in [0.25, 0.3) is 6.08 Å². The Hall–Kier alpha value is -3.69. The second-order valence-electron chi connectivity index (χ2n) is 7.35. The fourth-order valence-corrected chi connectivity index (χ4v) is 4.08. The van der Waals surface area contributed by atoms with Crippen LogP contribution < -0.4 is 19.7 Å². The predicted octanol–water partition coefficient (Wildman–Crippen LogP) is 5.50. The maximum atomic E-state index is 13.9. The molecule has 0 aromatic heterocycles. The summed E-state index contributed by atoms with van der Waals surface area (Å²) in [6.45, 7) is -0.0406. The van der Waals surface area contributed by atoms with Gasteiger partial charge in [-0.3, -0.25) is 14.9 Å². The zero-order valence-electron chi connectivity index (χ0n) is 18.2. The minimum Gasteiger partial charge on any atom is -0.493 e. The lowest BCUT2D eigenvalue weighted by atomic mass is 10.1. The molecule has 0 unspecified atom stereocenters. The number of methoxy groups -OCH3 is 1. The minimum absolute atomic E-state index is 0.0406. The van der Waals surface area contributed by atoms with Gasteiger partial charge in [0, 0.05) is 10.6 Å². The van der Waals surface area contributed by atoms with Gasteiger partial charge in [0.2, 0.25) is 0 Å². The Kier molecular flexibility index (Phi) is 7.18. The zero-order chi connectivity index (χ0) is 25.1. The van der Waals surface area contributed by atoms with Crippen molar-refractivity contribution in [2.75, 3.05) is 12.0 Å². The summed E-state index contributed by atoms with van der Waals surface area (Å²) in [5, 5.41) is 2.59. The van der Waals surface area contributed by atoms with Gasteiger partial charge in [0.15, 0.2) is 11.5 Å². The van der Waals surface area contributed by atoms with Crippen LogP contribution in [0.3, 0.4) is 0 Å². The highest BCUT2D eigenvalue weighted by Gasteiger charge is 2.36. The molecule has 1 N–H and O–H groups in total. The van der Waals surface area contributed by atoms with Crippen molar-refractivity contribution >= 4 is 57.1 Å². The molecule has 0 bridgehead atoms. The lowest BCUT2D eigenvalue weighted by Crippen LogP contribution is -2.54. The summed E-state index contributed by atoms with van der Waals surface area (Å²) >= 11 is 9.29. The topological polar surface area (TPSA) is 84.9 Å². The number of imide groups is 2. The third-order valence-corrected chi connectivity index (χ3v) is 5.92. The first-order chi connectivity index (χ1) is 16.8. The van der Waals surface area contributed by atoms with Gasteiger partial charge in [0.05, 0.1) is 17.3 Å². The van der Waals surface area contributed by atoms with E-state index in [1.165, 1.54) is 43.5 Å². The Morgan fingerprint density at radius 1 is 1.09 bits per heavy atom. The molecule has 0 saturated carbocycles. The van der Waals surface area contributed by atoms with Gasteiger partial charge >= 0.3 is 6.03 Å². The average Bonchev–Trinajstić information content (AvgIpc) is 2.83. The van der Waals surface area contributed by atoms with E-state index in [4.69, 9.17) is 21.1 Å². The van der Waals surface area contributed by atoms with Crippen molar-refractivity contribution in [3.8, 4) is 11.5 Å². The van der Waals surface area contributed by atoms with Gasteiger partial charge in [-0.15, -0.1) is 0 Å². The molecule has 4 rings (SSSR count). The van der Waals surface area contributed by atoms with Crippen LogP contribution in [0, 0.1) is 5.82 Å². The van der Waals surface area contributed by atoms with Crippen LogP contribution in [0.4, 0.5) is 14.9 Å². The fraction of sp³-hybridized carbons (Fsp3) is 0.0800. The summed E-state index contributed by atoms with van der Waals surface area (Å²) in [5.74, 6) is -1.42. The van der Waals surface area contributed by atoms with Crippen LogP contribution in [0.2, 0.25) is 5.02 Å². The van der Waals surface area contributed by atoms with E-state index in [0.29, 0.717) is 26.4 Å². The SMILES string of the molecule is COc1cc(C=C2C(=O)NC(=O)N(c3ccc(Cl)cc3)C2=O)cc(Br)c1OCc1ccccc1F. The number of ether oxygens (including phenoxy) is 2. The first kappa shape index (κ1) is 24.4. The van der Waals surface area contributed by atoms with Gasteiger partial charge in [-0.05, 0) is 70.0 Å². The van der Waals surface area contributed by atoms with E-state index in [9.17, 15) is 18.8 Å². The first-order valence-electron chi connectivity index (χ1n) is 10.2. The third kappa shape index (κ3) is 5.21. The number of urea groups is 1. The maximum absolute atomic E-state index is 13.9. The number of benzene rings is 3. The van der Waals surface area contributed by atoms with Gasteiger partial charge in [0.1, 0.15) is 18.0 Å². The summed E-state index contributed by atoms with van der Waals surface area (Å²) in [6, 6.07) is 14.6. The monoisotopic (exact) mass is 558 g/mol. The molecule has 3 aromatic rings. The number of hydrogen-bond acceptors (Lipinski definition) is 5. The third-order valence-electron chi connectivity index (χ3n) is 5.08. The number of halogens is 3. The lowest BCUT2D eigenvalue weighted by Gasteiger charge is -2.26. The molecular formula is C25H17BrClFN2O5. The van der Waals surface area contributed by atoms with E-state index in [-0.39, 0.29) is 23.6 Å². The van der Waals surface area contributed by atoms with Crippen LogP contribution in [0.1, 0.15) is 11.1 Å². The largest absolute Gasteiger partial charge is 0.493 e. The second kappa shape index (κ2) is 10.3. The smallest absolute Gasteiger partial charge is 0.335 e. The number of barbiturate groups is 1. The molecular weight excluding hydrogens is 543 g/mol. The van der Waals surface area contributed by atoms with Crippen molar-refractivity contribution in [3.63, 3.8) is 0 Å². The normalized spacial score (nSPS) is 14.8. The molecule has 1 aliphatic heterocycles. The predicted molar refractivity (Wildman–Crippen MR) is 132 cm³/mol. The second-order valence-corrected chi connectivity index (χ2v) is 8.64. The Morgan fingerprint density at radius 2 is 1.80 bits per heavy atom. The Balaban J connectivity index is 1.64. The van der Waals surface area contributed by atoms with E-state index in [1.54, 1.807) is 30.3 Å². The number of anilines is 1.